The van der Waals surface area contributed by atoms with Gasteiger partial charge in [0.15, 0.2) is 5.17 Å². The van der Waals surface area contributed by atoms with Crippen LogP contribution in [0.5, 0.6) is 0 Å². The zero-order valence-electron chi connectivity index (χ0n) is 9.68. The molecule has 0 bridgehead atoms. The molecule has 94 valence electrons. The van der Waals surface area contributed by atoms with Crippen molar-refractivity contribution in [1.29, 1.82) is 0 Å². The average Bonchev–Trinajstić information content (AvgIpc) is 3.01. The Morgan fingerprint density at radius 2 is 2.33 bits per heavy atom. The molecule has 0 spiro atoms. The highest BCUT2D eigenvalue weighted by atomic mass is 35.5. The van der Waals surface area contributed by atoms with Crippen LogP contribution in [0.25, 0.3) is 11.0 Å². The Morgan fingerprint density at radius 3 is 3.11 bits per heavy atom. The van der Waals surface area contributed by atoms with Crippen LogP contribution in [0.2, 0.25) is 5.02 Å². The monoisotopic (exact) mass is 298 g/mol. The lowest BCUT2D eigenvalue weighted by Gasteiger charge is -2.07. The molecule has 0 saturated carbocycles. The molecular formula is C11H11ClN4S2. The third kappa shape index (κ3) is 2.20. The van der Waals surface area contributed by atoms with E-state index in [1.165, 1.54) is 11.7 Å². The van der Waals surface area contributed by atoms with Crippen LogP contribution in [0, 0.1) is 0 Å². The first kappa shape index (κ1) is 12.2. The predicted molar refractivity (Wildman–Crippen MR) is 80.0 cm³/mol. The largest absolute Gasteiger partial charge is 0.332 e. The summed E-state index contributed by atoms with van der Waals surface area (Å²) in [6.45, 7) is 2.15. The van der Waals surface area contributed by atoms with Gasteiger partial charge < -0.3 is 5.32 Å². The van der Waals surface area contributed by atoms with Crippen molar-refractivity contribution in [2.24, 2.45) is 4.99 Å². The van der Waals surface area contributed by atoms with E-state index in [1.54, 1.807) is 11.8 Å². The van der Waals surface area contributed by atoms with Crippen LogP contribution >= 0.6 is 35.1 Å². The van der Waals surface area contributed by atoms with E-state index < -0.39 is 0 Å². The summed E-state index contributed by atoms with van der Waals surface area (Å²) in [4.78, 5) is 4.60. The quantitative estimate of drug-likeness (QED) is 0.919. The van der Waals surface area contributed by atoms with Gasteiger partial charge in [0.2, 0.25) is 0 Å². The van der Waals surface area contributed by atoms with Crippen molar-refractivity contribution in [3.8, 4) is 0 Å². The Bertz CT molecular complexity index is 610. The van der Waals surface area contributed by atoms with Crippen molar-refractivity contribution in [3.63, 3.8) is 0 Å². The molecule has 1 aromatic carbocycles. The van der Waals surface area contributed by atoms with Crippen LogP contribution in [0.4, 0.5) is 5.69 Å². The van der Waals surface area contributed by atoms with Gasteiger partial charge in [0.05, 0.1) is 28.5 Å². The second-order valence-electron chi connectivity index (χ2n) is 3.99. The third-order valence-corrected chi connectivity index (χ3v) is 4.68. The molecule has 0 radical (unpaired) electrons. The number of benzene rings is 1. The van der Waals surface area contributed by atoms with E-state index in [-0.39, 0.29) is 0 Å². The molecule has 1 N–H and O–H groups in total. The number of aliphatic imine (C=N–C) groups is 1. The van der Waals surface area contributed by atoms with Crippen LogP contribution in [0.1, 0.15) is 13.3 Å². The van der Waals surface area contributed by atoms with Crippen LogP contribution in [-0.4, -0.2) is 25.7 Å². The first-order valence-electron chi connectivity index (χ1n) is 5.66. The zero-order valence-corrected chi connectivity index (χ0v) is 12.1. The van der Waals surface area contributed by atoms with E-state index in [2.05, 4.69) is 26.0 Å². The van der Waals surface area contributed by atoms with E-state index in [9.17, 15) is 0 Å². The summed E-state index contributed by atoms with van der Waals surface area (Å²) < 4.78 is 8.49. The van der Waals surface area contributed by atoms with Crippen molar-refractivity contribution in [2.45, 2.75) is 19.4 Å². The van der Waals surface area contributed by atoms with E-state index >= 15 is 0 Å². The van der Waals surface area contributed by atoms with Crippen molar-refractivity contribution in [3.05, 3.63) is 17.2 Å². The van der Waals surface area contributed by atoms with Gasteiger partial charge in [-0.2, -0.15) is 8.75 Å². The standard InChI is InChI=1S/C11H11ClN4S2/c1-2-6-5-17-11(13-6)14-9-7(12)3-4-8-10(9)16-18-15-8/h3-4,6H,2,5H2,1H3,(H,13,14). The molecule has 7 heteroatoms. The average molecular weight is 299 g/mol. The molecule has 3 rings (SSSR count). The van der Waals surface area contributed by atoms with Crippen molar-refractivity contribution in [1.82, 2.24) is 8.75 Å². The number of rotatable bonds is 2. The van der Waals surface area contributed by atoms with Gasteiger partial charge in [-0.3, -0.25) is 4.99 Å². The molecule has 2 aromatic rings. The van der Waals surface area contributed by atoms with Gasteiger partial charge in [0.25, 0.3) is 0 Å². The fraction of sp³-hybridized carbons (Fsp3) is 0.364. The number of halogens is 1. The van der Waals surface area contributed by atoms with Gasteiger partial charge in [-0.05, 0) is 18.6 Å². The van der Waals surface area contributed by atoms with Crippen molar-refractivity contribution >= 4 is 57.0 Å². The number of hydrogen-bond donors (Lipinski definition) is 1. The number of aromatic nitrogens is 2. The Kier molecular flexibility index (Phi) is 3.41. The number of amidine groups is 1. The molecule has 1 aromatic heterocycles. The van der Waals surface area contributed by atoms with Crippen LogP contribution in [0.15, 0.2) is 17.1 Å². The van der Waals surface area contributed by atoms with Gasteiger partial charge in [-0.15, -0.1) is 0 Å². The first-order chi connectivity index (χ1) is 8.78. The predicted octanol–water partition coefficient (Wildman–Crippen LogP) is 3.64. The molecule has 1 unspecified atom stereocenters. The Morgan fingerprint density at radius 1 is 1.44 bits per heavy atom. The maximum atomic E-state index is 6.22. The second kappa shape index (κ2) is 5.03. The van der Waals surface area contributed by atoms with Gasteiger partial charge in [0, 0.05) is 5.75 Å². The fourth-order valence-corrected chi connectivity index (χ4v) is 3.55. The van der Waals surface area contributed by atoms with Crippen LogP contribution in [-0.2, 0) is 0 Å². The molecule has 0 fully saturated rings. The smallest absolute Gasteiger partial charge is 0.161 e. The number of nitrogens with one attached hydrogen (secondary N) is 1. The number of hydrogen-bond acceptors (Lipinski definition) is 6. The topological polar surface area (TPSA) is 50.2 Å². The minimum Gasteiger partial charge on any atom is -0.332 e. The highest BCUT2D eigenvalue weighted by Crippen LogP contribution is 2.32. The Labute approximate surface area is 118 Å². The highest BCUT2D eigenvalue weighted by Gasteiger charge is 2.19. The van der Waals surface area contributed by atoms with Gasteiger partial charge in [-0.25, -0.2) is 0 Å². The van der Waals surface area contributed by atoms with Crippen LogP contribution in [0.3, 0.4) is 0 Å². The second-order valence-corrected chi connectivity index (χ2v) is 5.93. The molecule has 0 amide bonds. The maximum Gasteiger partial charge on any atom is 0.161 e. The molecule has 1 aliphatic rings. The summed E-state index contributed by atoms with van der Waals surface area (Å²) in [6.07, 6.45) is 1.06. The minimum absolute atomic E-state index is 0.407. The summed E-state index contributed by atoms with van der Waals surface area (Å²) in [5, 5.41) is 4.86. The Balaban J connectivity index is 1.95. The van der Waals surface area contributed by atoms with Crippen molar-refractivity contribution in [2.75, 3.05) is 11.1 Å². The number of nitrogens with zero attached hydrogens (tertiary/aromatic N) is 3. The summed E-state index contributed by atoms with van der Waals surface area (Å²) >= 11 is 9.14. The number of thioether (sulfide) groups is 1. The number of fused-ring (bicyclic) bond motifs is 1. The molecule has 2 heterocycles. The molecule has 0 saturated heterocycles. The molecule has 0 aliphatic carbocycles. The lowest BCUT2D eigenvalue weighted by molar-refractivity contribution is 0.738. The minimum atomic E-state index is 0.407. The van der Waals surface area contributed by atoms with Gasteiger partial charge in [0.1, 0.15) is 11.0 Å². The Hall–Kier alpha value is -0.850. The molecule has 18 heavy (non-hydrogen) atoms. The summed E-state index contributed by atoms with van der Waals surface area (Å²) in [5.41, 5.74) is 2.49. The van der Waals surface area contributed by atoms with E-state index in [0.29, 0.717) is 11.1 Å². The zero-order chi connectivity index (χ0) is 12.5. The molecule has 1 atom stereocenters. The molecular weight excluding hydrogens is 288 g/mol. The third-order valence-electron chi connectivity index (χ3n) is 2.79. The number of anilines is 1. The van der Waals surface area contributed by atoms with Gasteiger partial charge >= 0.3 is 0 Å². The lowest BCUT2D eigenvalue weighted by atomic mass is 10.2. The lowest BCUT2D eigenvalue weighted by Crippen LogP contribution is -2.06. The summed E-state index contributed by atoms with van der Waals surface area (Å²) in [7, 11) is 0. The molecule has 4 nitrogen and oxygen atoms in total. The normalized spacial score (nSPS) is 19.2. The summed E-state index contributed by atoms with van der Waals surface area (Å²) in [5.74, 6) is 1.03. The highest BCUT2D eigenvalue weighted by molar-refractivity contribution is 8.14. The molecule has 1 aliphatic heterocycles. The van der Waals surface area contributed by atoms with E-state index in [0.717, 1.165) is 34.1 Å². The van der Waals surface area contributed by atoms with E-state index in [1.807, 2.05) is 12.1 Å². The van der Waals surface area contributed by atoms with Gasteiger partial charge in [-0.1, -0.05) is 30.3 Å². The maximum absolute atomic E-state index is 6.22. The first-order valence-corrected chi connectivity index (χ1v) is 7.75. The van der Waals surface area contributed by atoms with E-state index in [4.69, 9.17) is 11.6 Å². The summed E-state index contributed by atoms with van der Waals surface area (Å²) in [6, 6.07) is 4.12. The SMILES string of the molecule is CCC1CSC(Nc2c(Cl)ccc3nsnc23)=N1. The van der Waals surface area contributed by atoms with Crippen molar-refractivity contribution < 1.29 is 0 Å². The fourth-order valence-electron chi connectivity index (χ4n) is 1.75. The van der Waals surface area contributed by atoms with Crippen LogP contribution < -0.4 is 5.32 Å².